The Bertz CT molecular complexity index is 103. The Balaban J connectivity index is 3.78. The lowest BCUT2D eigenvalue weighted by Crippen LogP contribution is -1.85. The van der Waals surface area contributed by atoms with E-state index in [1.807, 2.05) is 6.92 Å². The topological polar surface area (TPSA) is 9.23 Å². The molecule has 0 saturated heterocycles. The van der Waals surface area contributed by atoms with E-state index in [0.29, 0.717) is 0 Å². The fraction of sp³-hybridized carbons (Fsp3) is 0.750. The molecule has 0 amide bonds. The molecule has 0 heterocycles. The van der Waals surface area contributed by atoms with E-state index in [0.717, 1.165) is 12.2 Å². The Morgan fingerprint density at radius 1 is 1.33 bits per heavy atom. The van der Waals surface area contributed by atoms with E-state index >= 15 is 0 Å². The third kappa shape index (κ3) is 3.17. The number of hydrogen-bond donors (Lipinski definition) is 0. The highest BCUT2D eigenvalue weighted by molar-refractivity contribution is 5.02. The first-order valence-corrected chi connectivity index (χ1v) is 3.42. The first-order valence-electron chi connectivity index (χ1n) is 3.42. The number of hydrogen-bond acceptors (Lipinski definition) is 1. The Morgan fingerprint density at radius 2 is 1.89 bits per heavy atom. The van der Waals surface area contributed by atoms with E-state index in [1.165, 1.54) is 12.0 Å². The molecule has 0 aromatic heterocycles. The summed E-state index contributed by atoms with van der Waals surface area (Å²) in [5, 5.41) is 0. The van der Waals surface area contributed by atoms with Crippen LogP contribution in [-0.4, -0.2) is 7.11 Å². The van der Waals surface area contributed by atoms with Gasteiger partial charge in [0.2, 0.25) is 0 Å². The molecular formula is C8H16O. The van der Waals surface area contributed by atoms with Crippen molar-refractivity contribution in [3.05, 3.63) is 11.3 Å². The molecule has 0 saturated carbocycles. The number of allylic oxidation sites excluding steroid dienone is 2. The number of rotatable bonds is 3. The van der Waals surface area contributed by atoms with Crippen LogP contribution in [0.25, 0.3) is 0 Å². The van der Waals surface area contributed by atoms with Gasteiger partial charge in [0.25, 0.3) is 0 Å². The lowest BCUT2D eigenvalue weighted by molar-refractivity contribution is 0.287. The molecule has 0 unspecified atom stereocenters. The van der Waals surface area contributed by atoms with Crippen LogP contribution in [0.5, 0.6) is 0 Å². The predicted molar refractivity (Wildman–Crippen MR) is 40.3 cm³/mol. The molecule has 0 aromatic rings. The Morgan fingerprint density at radius 3 is 2.22 bits per heavy atom. The molecule has 0 radical (unpaired) electrons. The summed E-state index contributed by atoms with van der Waals surface area (Å²) in [6, 6.07) is 0. The van der Waals surface area contributed by atoms with Crippen molar-refractivity contribution in [3.8, 4) is 0 Å². The second-order valence-corrected chi connectivity index (χ2v) is 2.29. The van der Waals surface area contributed by atoms with Crippen molar-refractivity contribution in [2.24, 2.45) is 0 Å². The van der Waals surface area contributed by atoms with E-state index < -0.39 is 0 Å². The lowest BCUT2D eigenvalue weighted by Gasteiger charge is -2.03. The van der Waals surface area contributed by atoms with Crippen LogP contribution in [0.15, 0.2) is 11.3 Å². The first kappa shape index (κ1) is 8.54. The van der Waals surface area contributed by atoms with Gasteiger partial charge >= 0.3 is 0 Å². The molecular weight excluding hydrogens is 112 g/mol. The summed E-state index contributed by atoms with van der Waals surface area (Å²) in [6.45, 7) is 6.29. The normalized spacial score (nSPS) is 12.9. The maximum Gasteiger partial charge on any atom is 0.0913 e. The summed E-state index contributed by atoms with van der Waals surface area (Å²) in [4.78, 5) is 0. The maximum absolute atomic E-state index is 5.04. The quantitative estimate of drug-likeness (QED) is 0.531. The van der Waals surface area contributed by atoms with Gasteiger partial charge in [-0.2, -0.15) is 0 Å². The highest BCUT2D eigenvalue weighted by atomic mass is 16.5. The fourth-order valence-electron chi connectivity index (χ4n) is 0.725. The lowest BCUT2D eigenvalue weighted by atomic mass is 10.1. The van der Waals surface area contributed by atoms with E-state index in [1.54, 1.807) is 7.11 Å². The van der Waals surface area contributed by atoms with Crippen molar-refractivity contribution in [2.45, 2.75) is 33.6 Å². The molecule has 1 heteroatoms. The summed E-state index contributed by atoms with van der Waals surface area (Å²) in [6.07, 6.45) is 2.35. The zero-order valence-corrected chi connectivity index (χ0v) is 6.82. The summed E-state index contributed by atoms with van der Waals surface area (Å²) >= 11 is 0. The van der Waals surface area contributed by atoms with Gasteiger partial charge in [0.1, 0.15) is 0 Å². The van der Waals surface area contributed by atoms with Crippen LogP contribution < -0.4 is 0 Å². The van der Waals surface area contributed by atoms with Gasteiger partial charge in [-0.1, -0.05) is 13.3 Å². The van der Waals surface area contributed by atoms with Gasteiger partial charge in [0.15, 0.2) is 0 Å². The van der Waals surface area contributed by atoms with Crippen molar-refractivity contribution in [1.82, 2.24) is 0 Å². The molecule has 0 atom stereocenters. The van der Waals surface area contributed by atoms with Gasteiger partial charge in [0.05, 0.1) is 12.9 Å². The molecule has 0 spiro atoms. The molecule has 9 heavy (non-hydrogen) atoms. The van der Waals surface area contributed by atoms with E-state index in [-0.39, 0.29) is 0 Å². The number of methoxy groups -OCH3 is 1. The maximum atomic E-state index is 5.04. The third-order valence-corrected chi connectivity index (χ3v) is 1.53. The van der Waals surface area contributed by atoms with Crippen molar-refractivity contribution in [3.63, 3.8) is 0 Å². The van der Waals surface area contributed by atoms with Gasteiger partial charge in [0, 0.05) is 0 Å². The average Bonchev–Trinajstić information content (AvgIpc) is 1.87. The van der Waals surface area contributed by atoms with Gasteiger partial charge in [-0.25, -0.2) is 0 Å². The zero-order chi connectivity index (χ0) is 7.28. The van der Waals surface area contributed by atoms with Crippen molar-refractivity contribution in [1.29, 1.82) is 0 Å². The first-order chi connectivity index (χ1) is 4.22. The van der Waals surface area contributed by atoms with Crippen molar-refractivity contribution < 1.29 is 4.74 Å². The largest absolute Gasteiger partial charge is 0.501 e. The van der Waals surface area contributed by atoms with Crippen LogP contribution in [0.3, 0.4) is 0 Å². The van der Waals surface area contributed by atoms with Crippen LogP contribution in [0.1, 0.15) is 33.6 Å². The molecule has 0 aliphatic rings. The zero-order valence-electron chi connectivity index (χ0n) is 6.82. The summed E-state index contributed by atoms with van der Waals surface area (Å²) in [7, 11) is 1.72. The molecule has 0 N–H and O–H groups in total. The van der Waals surface area contributed by atoms with Crippen molar-refractivity contribution in [2.75, 3.05) is 7.11 Å². The number of ether oxygens (including phenoxy) is 1. The SMILES string of the molecule is CCCC(C)=C(C)OC. The second kappa shape index (κ2) is 4.42. The summed E-state index contributed by atoms with van der Waals surface area (Å²) in [5.41, 5.74) is 1.36. The Kier molecular flexibility index (Phi) is 4.20. The molecule has 0 bridgehead atoms. The summed E-state index contributed by atoms with van der Waals surface area (Å²) in [5.74, 6) is 1.07. The fourth-order valence-corrected chi connectivity index (χ4v) is 0.725. The molecule has 0 aliphatic carbocycles. The van der Waals surface area contributed by atoms with Crippen LogP contribution >= 0.6 is 0 Å². The Labute approximate surface area is 57.7 Å². The van der Waals surface area contributed by atoms with E-state index in [2.05, 4.69) is 13.8 Å². The smallest absolute Gasteiger partial charge is 0.0913 e. The monoisotopic (exact) mass is 128 g/mol. The summed E-state index contributed by atoms with van der Waals surface area (Å²) < 4.78 is 5.04. The van der Waals surface area contributed by atoms with E-state index in [4.69, 9.17) is 4.74 Å². The van der Waals surface area contributed by atoms with Gasteiger partial charge < -0.3 is 4.74 Å². The second-order valence-electron chi connectivity index (χ2n) is 2.29. The minimum absolute atomic E-state index is 1.07. The molecule has 0 rings (SSSR count). The molecule has 0 aliphatic heterocycles. The highest BCUT2D eigenvalue weighted by Crippen LogP contribution is 2.09. The molecule has 0 fully saturated rings. The average molecular weight is 128 g/mol. The minimum Gasteiger partial charge on any atom is -0.501 e. The van der Waals surface area contributed by atoms with Gasteiger partial charge in [-0.3, -0.25) is 0 Å². The van der Waals surface area contributed by atoms with Crippen LogP contribution in [0.2, 0.25) is 0 Å². The van der Waals surface area contributed by atoms with Crippen LogP contribution in [0, 0.1) is 0 Å². The third-order valence-electron chi connectivity index (χ3n) is 1.53. The predicted octanol–water partition coefficient (Wildman–Crippen LogP) is 2.73. The molecule has 54 valence electrons. The standard InChI is InChI=1S/C8H16O/c1-5-6-7(2)8(3)9-4/h5-6H2,1-4H3. The minimum atomic E-state index is 1.07. The molecule has 1 nitrogen and oxygen atoms in total. The molecule has 0 aromatic carbocycles. The van der Waals surface area contributed by atoms with Gasteiger partial charge in [-0.15, -0.1) is 0 Å². The Hall–Kier alpha value is -0.460. The van der Waals surface area contributed by atoms with E-state index in [9.17, 15) is 0 Å². The van der Waals surface area contributed by atoms with Crippen molar-refractivity contribution >= 4 is 0 Å². The van der Waals surface area contributed by atoms with Gasteiger partial charge in [-0.05, 0) is 25.8 Å². The van der Waals surface area contributed by atoms with Crippen LogP contribution in [0.4, 0.5) is 0 Å². The highest BCUT2D eigenvalue weighted by Gasteiger charge is 1.92. The van der Waals surface area contributed by atoms with Crippen LogP contribution in [-0.2, 0) is 4.74 Å².